The number of carbonyl (C=O) groups excluding carboxylic acids is 2. The van der Waals surface area contributed by atoms with Crippen LogP contribution in [-0.2, 0) is 26.0 Å². The van der Waals surface area contributed by atoms with Crippen molar-refractivity contribution in [2.24, 2.45) is 0 Å². The molecule has 60 heavy (non-hydrogen) atoms. The summed E-state index contributed by atoms with van der Waals surface area (Å²) in [6.45, 7) is 7.14. The molecule has 0 bridgehead atoms. The Kier molecular flexibility index (Phi) is 11.0. The molecule has 0 saturated carbocycles. The van der Waals surface area contributed by atoms with Crippen molar-refractivity contribution in [1.29, 1.82) is 0 Å². The quantitative estimate of drug-likeness (QED) is 0.123. The Hall–Kier alpha value is -5.78. The zero-order valence-electron chi connectivity index (χ0n) is 33.5. The first-order chi connectivity index (χ1) is 29.1. The molecule has 0 spiro atoms. The fourth-order valence-corrected chi connectivity index (χ4v) is 9.96. The highest BCUT2D eigenvalue weighted by atomic mass is 32.2. The number of sulfonamides is 1. The van der Waals surface area contributed by atoms with Crippen molar-refractivity contribution < 1.29 is 27.1 Å². The summed E-state index contributed by atoms with van der Waals surface area (Å²) >= 11 is 0. The van der Waals surface area contributed by atoms with Gasteiger partial charge in [0.25, 0.3) is 0 Å². The molecule has 17 heteroatoms. The molecule has 0 aliphatic carbocycles. The van der Waals surface area contributed by atoms with Crippen molar-refractivity contribution in [2.45, 2.75) is 44.1 Å². The molecule has 0 radical (unpaired) electrons. The van der Waals surface area contributed by atoms with E-state index in [0.717, 1.165) is 80.9 Å². The Bertz CT molecular complexity index is 2520. The van der Waals surface area contributed by atoms with Crippen molar-refractivity contribution in [3.05, 3.63) is 89.9 Å². The number of hydrogen-bond acceptors (Lipinski definition) is 12. The summed E-state index contributed by atoms with van der Waals surface area (Å²) in [6, 6.07) is 20.7. The second kappa shape index (κ2) is 16.7. The van der Waals surface area contributed by atoms with Gasteiger partial charge in [-0.2, -0.15) is 9.97 Å². The molecular weight excluding hydrogens is 788 g/mol. The fourth-order valence-electron chi connectivity index (χ4n) is 8.99. The SMILES string of the molecule is CS(=O)(=O)N1CCc2cccc(Nc3nc(Nc4ccc(N5CCC(N6CCN(CCOc7cccc(C8CCC(=O)NC8=O)c7)CC6)CC5)c(F)c4)nc4[nH]ccc34)c21. The molecule has 5 aromatic rings. The van der Waals surface area contributed by atoms with Crippen LogP contribution in [0.5, 0.6) is 5.75 Å². The first kappa shape index (κ1) is 39.7. The van der Waals surface area contributed by atoms with Gasteiger partial charge >= 0.3 is 0 Å². The van der Waals surface area contributed by atoms with Gasteiger partial charge in [0.05, 0.1) is 34.6 Å². The third-order valence-electron chi connectivity index (χ3n) is 12.1. The van der Waals surface area contributed by atoms with Crippen LogP contribution in [-0.4, -0.2) is 116 Å². The van der Waals surface area contributed by atoms with E-state index in [1.807, 2.05) is 60.7 Å². The Balaban J connectivity index is 0.762. The van der Waals surface area contributed by atoms with Crippen LogP contribution in [0.1, 0.15) is 42.7 Å². The van der Waals surface area contributed by atoms with Crippen molar-refractivity contribution in [3.63, 3.8) is 0 Å². The van der Waals surface area contributed by atoms with E-state index < -0.39 is 10.0 Å². The molecule has 2 amide bonds. The average Bonchev–Trinajstić information content (AvgIpc) is 3.91. The van der Waals surface area contributed by atoms with Crippen molar-refractivity contribution >= 4 is 67.4 Å². The number of nitrogens with one attached hydrogen (secondary N) is 4. The van der Waals surface area contributed by atoms with E-state index in [9.17, 15) is 18.0 Å². The van der Waals surface area contributed by atoms with Crippen molar-refractivity contribution in [1.82, 2.24) is 30.1 Å². The lowest BCUT2D eigenvalue weighted by Crippen LogP contribution is -2.53. The monoisotopic (exact) mass is 836 g/mol. The molecule has 314 valence electrons. The van der Waals surface area contributed by atoms with E-state index in [1.54, 1.807) is 6.20 Å². The predicted octanol–water partition coefficient (Wildman–Crippen LogP) is 5.09. The van der Waals surface area contributed by atoms with E-state index in [0.29, 0.717) is 72.7 Å². The zero-order chi connectivity index (χ0) is 41.4. The summed E-state index contributed by atoms with van der Waals surface area (Å²) in [4.78, 5) is 43.5. The largest absolute Gasteiger partial charge is 0.492 e. The first-order valence-corrected chi connectivity index (χ1v) is 22.5. The van der Waals surface area contributed by atoms with E-state index >= 15 is 4.39 Å². The van der Waals surface area contributed by atoms with Crippen LogP contribution in [0.15, 0.2) is 72.9 Å². The highest BCUT2D eigenvalue weighted by Gasteiger charge is 2.31. The average molecular weight is 837 g/mol. The number of benzene rings is 3. The molecule has 9 rings (SSSR count). The number of para-hydroxylation sites is 1. The lowest BCUT2D eigenvalue weighted by atomic mass is 9.90. The van der Waals surface area contributed by atoms with Gasteiger partial charge in [-0.1, -0.05) is 24.3 Å². The summed E-state index contributed by atoms with van der Waals surface area (Å²) in [5, 5.41) is 9.69. The summed E-state index contributed by atoms with van der Waals surface area (Å²) < 4.78 is 48.4. The van der Waals surface area contributed by atoms with Crippen LogP contribution in [0.3, 0.4) is 0 Å². The van der Waals surface area contributed by atoms with E-state index in [4.69, 9.17) is 9.72 Å². The van der Waals surface area contributed by atoms with Crippen LogP contribution in [0, 0.1) is 5.82 Å². The van der Waals surface area contributed by atoms with Gasteiger partial charge in [-0.3, -0.25) is 29.0 Å². The first-order valence-electron chi connectivity index (χ1n) is 20.6. The minimum atomic E-state index is -3.47. The van der Waals surface area contributed by atoms with E-state index in [-0.39, 0.29) is 29.5 Å². The lowest BCUT2D eigenvalue weighted by Gasteiger charge is -2.43. The predicted molar refractivity (Wildman–Crippen MR) is 229 cm³/mol. The molecule has 4 aliphatic heterocycles. The Labute approximate surface area is 348 Å². The molecule has 1 unspecified atom stereocenters. The number of H-pyrrole nitrogens is 1. The maximum atomic E-state index is 15.8. The number of fused-ring (bicyclic) bond motifs is 2. The van der Waals surface area contributed by atoms with Crippen molar-refractivity contribution in [2.75, 3.05) is 85.1 Å². The van der Waals surface area contributed by atoms with Gasteiger partial charge in [-0.25, -0.2) is 12.8 Å². The molecule has 15 nitrogen and oxygen atoms in total. The maximum Gasteiger partial charge on any atom is 0.234 e. The number of piperazine rings is 1. The number of carbonyl (C=O) groups is 2. The summed E-state index contributed by atoms with van der Waals surface area (Å²) in [7, 11) is -3.47. The number of aromatic amines is 1. The van der Waals surface area contributed by atoms with E-state index in [1.165, 1.54) is 16.6 Å². The lowest BCUT2D eigenvalue weighted by molar-refractivity contribution is -0.134. The van der Waals surface area contributed by atoms with Crippen LogP contribution in [0.2, 0.25) is 0 Å². The number of ether oxygens (including phenoxy) is 1. The number of hydrogen-bond donors (Lipinski definition) is 4. The third kappa shape index (κ3) is 8.46. The van der Waals surface area contributed by atoms with Crippen LogP contribution in [0.25, 0.3) is 11.0 Å². The minimum absolute atomic E-state index is 0.217. The van der Waals surface area contributed by atoms with E-state index in [2.05, 4.69) is 40.6 Å². The summed E-state index contributed by atoms with van der Waals surface area (Å²) in [5.74, 6) is 0.363. The molecular formula is C43H49FN10O5S. The highest BCUT2D eigenvalue weighted by molar-refractivity contribution is 7.92. The highest BCUT2D eigenvalue weighted by Crippen LogP contribution is 2.39. The number of rotatable bonds is 12. The van der Waals surface area contributed by atoms with Crippen LogP contribution in [0.4, 0.5) is 38.9 Å². The summed E-state index contributed by atoms with van der Waals surface area (Å²) in [6.07, 6.45) is 6.37. The number of nitrogens with zero attached hydrogens (tertiary/aromatic N) is 6. The summed E-state index contributed by atoms with van der Waals surface area (Å²) in [5.41, 5.74) is 4.71. The molecule has 2 aromatic heterocycles. The molecule has 6 heterocycles. The normalized spacial score (nSPS) is 19.4. The Morgan fingerprint density at radius 2 is 1.70 bits per heavy atom. The molecule has 1 atom stereocenters. The topological polar surface area (TPSA) is 168 Å². The molecule has 3 aromatic carbocycles. The zero-order valence-corrected chi connectivity index (χ0v) is 34.3. The molecule has 3 fully saturated rings. The number of amides is 2. The van der Waals surface area contributed by atoms with Gasteiger partial charge in [0.2, 0.25) is 27.8 Å². The van der Waals surface area contributed by atoms with Gasteiger partial charge in [-0.15, -0.1) is 0 Å². The fraction of sp³-hybridized carbons (Fsp3) is 0.395. The van der Waals surface area contributed by atoms with Gasteiger partial charge in [0.15, 0.2) is 0 Å². The number of piperidine rings is 2. The Morgan fingerprint density at radius 3 is 2.48 bits per heavy atom. The number of imide groups is 1. The third-order valence-corrected chi connectivity index (χ3v) is 13.3. The number of halogens is 1. The molecule has 4 aliphatic rings. The van der Waals surface area contributed by atoms with Gasteiger partial charge in [0.1, 0.15) is 29.6 Å². The second-order valence-corrected chi connectivity index (χ2v) is 17.9. The van der Waals surface area contributed by atoms with Crippen LogP contribution >= 0.6 is 0 Å². The minimum Gasteiger partial charge on any atom is -0.492 e. The maximum absolute atomic E-state index is 15.8. The van der Waals surface area contributed by atoms with Crippen LogP contribution < -0.4 is 29.9 Å². The van der Waals surface area contributed by atoms with Gasteiger partial charge < -0.3 is 25.3 Å². The van der Waals surface area contributed by atoms with Gasteiger partial charge in [-0.05, 0) is 79.3 Å². The van der Waals surface area contributed by atoms with Crippen molar-refractivity contribution in [3.8, 4) is 5.75 Å². The van der Waals surface area contributed by atoms with Gasteiger partial charge in [0, 0.05) is 76.7 Å². The molecule has 3 saturated heterocycles. The Morgan fingerprint density at radius 1 is 0.883 bits per heavy atom. The smallest absolute Gasteiger partial charge is 0.234 e. The second-order valence-electron chi connectivity index (χ2n) is 16.0. The standard InChI is InChI=1S/C43H49FN10O5S/c1-60(57,58)54-19-13-28-4-3-7-36(39(28)54)47-41-34-12-16-45-40(34)49-43(50-41)46-30-8-10-37(35(44)27-30)53-17-14-31(15-18-53)52-22-20-51(21-23-52)24-25-59-32-6-2-5-29(26-32)33-9-11-38(55)48-42(33)56/h2-8,10,12,16,26-27,31,33H,9,11,13-15,17-25H2,1H3,(H,48,55,56)(H3,45,46,47,49,50). The molecule has 4 N–H and O–H groups in total. The number of anilines is 6. The number of aromatic nitrogens is 3.